The molecule has 1 aliphatic heterocycles. The van der Waals surface area contributed by atoms with Gasteiger partial charge < -0.3 is 14.9 Å². The SMILES string of the molecule is CN1CCN(C[C@H]2Cc3ccc(F)cc3[C@H]2O)CC1. The van der Waals surface area contributed by atoms with Gasteiger partial charge in [0, 0.05) is 38.6 Å². The number of likely N-dealkylation sites (N-methyl/N-ethyl adjacent to an activating group) is 1. The van der Waals surface area contributed by atoms with Crippen LogP contribution < -0.4 is 0 Å². The zero-order valence-corrected chi connectivity index (χ0v) is 11.3. The molecular formula is C15H21FN2O. The Hall–Kier alpha value is -0.970. The predicted octanol–water partition coefficient (Wildman–Crippen LogP) is 1.28. The number of halogens is 1. The zero-order valence-electron chi connectivity index (χ0n) is 11.3. The van der Waals surface area contributed by atoms with Crippen molar-refractivity contribution >= 4 is 0 Å². The van der Waals surface area contributed by atoms with Gasteiger partial charge in [-0.1, -0.05) is 6.07 Å². The van der Waals surface area contributed by atoms with Crippen LogP contribution in [0.3, 0.4) is 0 Å². The molecule has 1 fully saturated rings. The third-order valence-corrected chi connectivity index (χ3v) is 4.44. The summed E-state index contributed by atoms with van der Waals surface area (Å²) in [6, 6.07) is 4.80. The van der Waals surface area contributed by atoms with Crippen LogP contribution in [0.1, 0.15) is 17.2 Å². The molecular weight excluding hydrogens is 243 g/mol. The number of rotatable bonds is 2. The Morgan fingerprint density at radius 1 is 1.26 bits per heavy atom. The van der Waals surface area contributed by atoms with Gasteiger partial charge in [-0.3, -0.25) is 0 Å². The first-order valence-electron chi connectivity index (χ1n) is 7.01. The Morgan fingerprint density at radius 3 is 2.74 bits per heavy atom. The van der Waals surface area contributed by atoms with Crippen LogP contribution in [0.15, 0.2) is 18.2 Å². The number of aliphatic hydroxyl groups excluding tert-OH is 1. The molecule has 1 aliphatic carbocycles. The highest BCUT2D eigenvalue weighted by molar-refractivity contribution is 5.35. The lowest BCUT2D eigenvalue weighted by Gasteiger charge is -2.34. The number of fused-ring (bicyclic) bond motifs is 1. The predicted molar refractivity (Wildman–Crippen MR) is 72.5 cm³/mol. The summed E-state index contributed by atoms with van der Waals surface area (Å²) in [6.45, 7) is 5.20. The smallest absolute Gasteiger partial charge is 0.123 e. The van der Waals surface area contributed by atoms with Gasteiger partial charge in [0.2, 0.25) is 0 Å². The number of benzene rings is 1. The highest BCUT2D eigenvalue weighted by Gasteiger charge is 2.32. The average molecular weight is 264 g/mol. The van der Waals surface area contributed by atoms with Crippen molar-refractivity contribution in [3.8, 4) is 0 Å². The molecule has 1 saturated heterocycles. The summed E-state index contributed by atoms with van der Waals surface area (Å²) in [7, 11) is 2.14. The summed E-state index contributed by atoms with van der Waals surface area (Å²) in [4.78, 5) is 4.74. The van der Waals surface area contributed by atoms with Gasteiger partial charge in [-0.05, 0) is 36.7 Å². The molecule has 0 spiro atoms. The monoisotopic (exact) mass is 264 g/mol. The van der Waals surface area contributed by atoms with Crippen molar-refractivity contribution < 1.29 is 9.50 Å². The van der Waals surface area contributed by atoms with Gasteiger partial charge in [-0.25, -0.2) is 4.39 Å². The first-order valence-corrected chi connectivity index (χ1v) is 7.01. The van der Waals surface area contributed by atoms with E-state index < -0.39 is 6.10 Å². The zero-order chi connectivity index (χ0) is 13.4. The molecule has 2 aliphatic rings. The Morgan fingerprint density at radius 2 is 2.00 bits per heavy atom. The lowest BCUT2D eigenvalue weighted by atomic mass is 10.0. The van der Waals surface area contributed by atoms with Crippen molar-refractivity contribution in [2.45, 2.75) is 12.5 Å². The molecule has 1 aromatic carbocycles. The molecule has 1 heterocycles. The summed E-state index contributed by atoms with van der Waals surface area (Å²) < 4.78 is 13.2. The maximum absolute atomic E-state index is 13.2. The minimum Gasteiger partial charge on any atom is -0.388 e. The molecule has 3 rings (SSSR count). The van der Waals surface area contributed by atoms with Crippen molar-refractivity contribution in [2.24, 2.45) is 5.92 Å². The number of aliphatic hydroxyl groups is 1. The summed E-state index contributed by atoms with van der Waals surface area (Å²) in [5.41, 5.74) is 1.90. The minimum atomic E-state index is -0.509. The van der Waals surface area contributed by atoms with Crippen molar-refractivity contribution in [1.82, 2.24) is 9.80 Å². The second-order valence-corrected chi connectivity index (χ2v) is 5.86. The van der Waals surface area contributed by atoms with Crippen LogP contribution in [-0.4, -0.2) is 54.7 Å². The molecule has 0 aromatic heterocycles. The lowest BCUT2D eigenvalue weighted by molar-refractivity contribution is 0.0724. The van der Waals surface area contributed by atoms with Crippen LogP contribution >= 0.6 is 0 Å². The van der Waals surface area contributed by atoms with Crippen molar-refractivity contribution in [3.63, 3.8) is 0 Å². The van der Waals surface area contributed by atoms with Gasteiger partial charge in [0.05, 0.1) is 6.10 Å². The molecule has 0 amide bonds. The summed E-state index contributed by atoms with van der Waals surface area (Å²) in [6.07, 6.45) is 0.355. The summed E-state index contributed by atoms with van der Waals surface area (Å²) >= 11 is 0. The molecule has 3 nitrogen and oxygen atoms in total. The molecule has 1 N–H and O–H groups in total. The maximum Gasteiger partial charge on any atom is 0.123 e. The van der Waals surface area contributed by atoms with Crippen LogP contribution in [-0.2, 0) is 6.42 Å². The largest absolute Gasteiger partial charge is 0.388 e. The molecule has 1 aromatic rings. The van der Waals surface area contributed by atoms with E-state index in [1.165, 1.54) is 12.1 Å². The molecule has 19 heavy (non-hydrogen) atoms. The van der Waals surface area contributed by atoms with E-state index in [-0.39, 0.29) is 11.7 Å². The van der Waals surface area contributed by atoms with Gasteiger partial charge in [0.15, 0.2) is 0 Å². The summed E-state index contributed by atoms with van der Waals surface area (Å²) in [5.74, 6) is -0.0433. The lowest BCUT2D eigenvalue weighted by Crippen LogP contribution is -2.46. The van der Waals surface area contributed by atoms with Crippen LogP contribution in [0.25, 0.3) is 0 Å². The van der Waals surface area contributed by atoms with Crippen molar-refractivity contribution in [2.75, 3.05) is 39.8 Å². The Balaban J connectivity index is 1.65. The van der Waals surface area contributed by atoms with E-state index >= 15 is 0 Å². The molecule has 0 unspecified atom stereocenters. The number of hydrogen-bond donors (Lipinski definition) is 1. The van der Waals surface area contributed by atoms with Gasteiger partial charge in [-0.15, -0.1) is 0 Å². The second-order valence-electron chi connectivity index (χ2n) is 5.86. The third-order valence-electron chi connectivity index (χ3n) is 4.44. The van der Waals surface area contributed by atoms with Crippen LogP contribution in [0.2, 0.25) is 0 Å². The van der Waals surface area contributed by atoms with E-state index in [0.29, 0.717) is 0 Å². The standard InChI is InChI=1S/C15H21FN2O/c1-17-4-6-18(7-5-17)10-12-8-11-2-3-13(16)9-14(11)15(12)19/h2-3,9,12,15,19H,4-8,10H2,1H3/t12-,15+/m1/s1. The Kier molecular flexibility index (Phi) is 3.56. The quantitative estimate of drug-likeness (QED) is 0.871. The van der Waals surface area contributed by atoms with E-state index in [9.17, 15) is 9.50 Å². The van der Waals surface area contributed by atoms with Gasteiger partial charge >= 0.3 is 0 Å². The second kappa shape index (κ2) is 5.19. The van der Waals surface area contributed by atoms with E-state index in [1.807, 2.05) is 6.07 Å². The van der Waals surface area contributed by atoms with Crippen molar-refractivity contribution in [3.05, 3.63) is 35.1 Å². The number of hydrogen-bond acceptors (Lipinski definition) is 3. The Bertz CT molecular complexity index is 457. The fourth-order valence-corrected chi connectivity index (χ4v) is 3.20. The van der Waals surface area contributed by atoms with Crippen LogP contribution in [0.4, 0.5) is 4.39 Å². The van der Waals surface area contributed by atoms with Crippen molar-refractivity contribution in [1.29, 1.82) is 0 Å². The molecule has 0 saturated carbocycles. The molecule has 4 heteroatoms. The fraction of sp³-hybridized carbons (Fsp3) is 0.600. The highest BCUT2D eigenvalue weighted by atomic mass is 19.1. The van der Waals surface area contributed by atoms with Gasteiger partial charge in [0.1, 0.15) is 5.82 Å². The molecule has 0 radical (unpaired) electrons. The number of piperazine rings is 1. The van der Waals surface area contributed by atoms with Crippen LogP contribution in [0.5, 0.6) is 0 Å². The molecule has 2 atom stereocenters. The normalized spacial score (nSPS) is 28.6. The first-order chi connectivity index (χ1) is 9.13. The number of nitrogens with zero attached hydrogens (tertiary/aromatic N) is 2. The minimum absolute atomic E-state index is 0.209. The summed E-state index contributed by atoms with van der Waals surface area (Å²) in [5, 5.41) is 10.3. The third kappa shape index (κ3) is 2.66. The highest BCUT2D eigenvalue weighted by Crippen LogP contribution is 2.36. The van der Waals surface area contributed by atoms with E-state index in [4.69, 9.17) is 0 Å². The van der Waals surface area contributed by atoms with Gasteiger partial charge in [-0.2, -0.15) is 0 Å². The van der Waals surface area contributed by atoms with Crippen LogP contribution in [0, 0.1) is 11.7 Å². The maximum atomic E-state index is 13.2. The Labute approximate surface area is 113 Å². The fourth-order valence-electron chi connectivity index (χ4n) is 3.20. The van der Waals surface area contributed by atoms with Gasteiger partial charge in [0.25, 0.3) is 0 Å². The first kappa shape index (κ1) is 13.0. The molecule has 0 bridgehead atoms. The average Bonchev–Trinajstić information content (AvgIpc) is 2.70. The van der Waals surface area contributed by atoms with E-state index in [1.54, 1.807) is 0 Å². The van der Waals surface area contributed by atoms with E-state index in [0.717, 1.165) is 50.3 Å². The topological polar surface area (TPSA) is 26.7 Å². The van der Waals surface area contributed by atoms with E-state index in [2.05, 4.69) is 16.8 Å². The molecule has 104 valence electrons.